The van der Waals surface area contributed by atoms with Crippen LogP contribution in [0.2, 0.25) is 0 Å². The molecule has 4 heteroatoms. The molecule has 0 saturated heterocycles. The van der Waals surface area contributed by atoms with Crippen LogP contribution in [0.25, 0.3) is 0 Å². The van der Waals surface area contributed by atoms with Crippen molar-refractivity contribution in [3.63, 3.8) is 0 Å². The van der Waals surface area contributed by atoms with Crippen LogP contribution in [0.4, 0.5) is 0 Å². The molecule has 0 unspecified atom stereocenters. The molecule has 0 aliphatic heterocycles. The molecule has 10 heavy (non-hydrogen) atoms. The molecule has 2 nitrogen and oxygen atoms in total. The highest BCUT2D eigenvalue weighted by Gasteiger charge is 2.00. The zero-order valence-corrected chi connectivity index (χ0v) is 7.63. The van der Waals surface area contributed by atoms with E-state index < -0.39 is 0 Å². The highest BCUT2D eigenvalue weighted by atomic mass is 79.9. The van der Waals surface area contributed by atoms with Gasteiger partial charge in [0.05, 0.1) is 9.62 Å². The molecule has 0 aliphatic carbocycles. The minimum atomic E-state index is 0.208. The van der Waals surface area contributed by atoms with E-state index in [9.17, 15) is 0 Å². The summed E-state index contributed by atoms with van der Waals surface area (Å²) in [6.07, 6.45) is 0.546. The molecule has 1 aromatic heterocycles. The van der Waals surface area contributed by atoms with E-state index in [0.717, 1.165) is 9.35 Å². The largest absolute Gasteiger partial charge is 0.387 e. The molecule has 3 N–H and O–H groups in total. The van der Waals surface area contributed by atoms with E-state index in [1.807, 2.05) is 11.4 Å². The average Bonchev–Trinajstić information content (AvgIpc) is 2.15. The summed E-state index contributed by atoms with van der Waals surface area (Å²) in [5, 5.41) is 9.00. The first-order chi connectivity index (χ1) is 4.70. The second kappa shape index (κ2) is 3.16. The number of hydrogen-bond acceptors (Lipinski definition) is 2. The number of rotatable bonds is 2. The number of nitrogens with one attached hydrogen (secondary N) is 1. The number of thiophene rings is 1. The van der Waals surface area contributed by atoms with Crippen LogP contribution in [0.1, 0.15) is 5.56 Å². The first-order valence-corrected chi connectivity index (χ1v) is 4.42. The Kier molecular flexibility index (Phi) is 2.45. The molecule has 0 radical (unpaired) electrons. The maximum atomic E-state index is 7.03. The van der Waals surface area contributed by atoms with Gasteiger partial charge in [0.2, 0.25) is 0 Å². The zero-order valence-electron chi connectivity index (χ0n) is 5.23. The lowest BCUT2D eigenvalue weighted by Crippen LogP contribution is -2.12. The van der Waals surface area contributed by atoms with Crippen molar-refractivity contribution in [2.24, 2.45) is 5.73 Å². The van der Waals surface area contributed by atoms with Gasteiger partial charge in [-0.2, -0.15) is 0 Å². The van der Waals surface area contributed by atoms with Crippen molar-refractivity contribution in [3.8, 4) is 0 Å². The lowest BCUT2D eigenvalue weighted by Gasteiger charge is -1.93. The van der Waals surface area contributed by atoms with Crippen LogP contribution in [0, 0.1) is 5.41 Å². The minimum absolute atomic E-state index is 0.208. The zero-order chi connectivity index (χ0) is 7.56. The van der Waals surface area contributed by atoms with Crippen LogP contribution in [0.5, 0.6) is 0 Å². The summed E-state index contributed by atoms with van der Waals surface area (Å²) in [7, 11) is 0. The summed E-state index contributed by atoms with van der Waals surface area (Å²) in [5.41, 5.74) is 6.31. The molecule has 0 fully saturated rings. The Morgan fingerprint density at radius 1 is 1.80 bits per heavy atom. The van der Waals surface area contributed by atoms with E-state index in [1.54, 1.807) is 11.3 Å². The van der Waals surface area contributed by atoms with E-state index >= 15 is 0 Å². The minimum Gasteiger partial charge on any atom is -0.387 e. The third kappa shape index (κ3) is 1.82. The second-order valence-electron chi connectivity index (χ2n) is 1.92. The van der Waals surface area contributed by atoms with Crippen molar-refractivity contribution in [2.75, 3.05) is 0 Å². The fourth-order valence-corrected chi connectivity index (χ4v) is 1.89. The Labute approximate surface area is 71.7 Å². The molecule has 0 aromatic carbocycles. The van der Waals surface area contributed by atoms with E-state index in [1.165, 1.54) is 0 Å². The predicted octanol–water partition coefficient (Wildman–Crippen LogP) is 1.99. The van der Waals surface area contributed by atoms with Gasteiger partial charge >= 0.3 is 0 Å². The number of halogens is 1. The summed E-state index contributed by atoms with van der Waals surface area (Å²) in [4.78, 5) is 0. The molecular formula is C6H7BrN2S. The van der Waals surface area contributed by atoms with Gasteiger partial charge in [-0.1, -0.05) is 0 Å². The van der Waals surface area contributed by atoms with Crippen LogP contribution in [-0.4, -0.2) is 5.84 Å². The first kappa shape index (κ1) is 7.75. The van der Waals surface area contributed by atoms with Gasteiger partial charge in [-0.05, 0) is 32.9 Å². The molecule has 0 saturated carbocycles. The quantitative estimate of drug-likeness (QED) is 0.580. The van der Waals surface area contributed by atoms with Gasteiger partial charge in [0, 0.05) is 6.42 Å². The Morgan fingerprint density at radius 3 is 2.90 bits per heavy atom. The molecular weight excluding hydrogens is 212 g/mol. The highest BCUT2D eigenvalue weighted by Crippen LogP contribution is 2.23. The Morgan fingerprint density at radius 2 is 2.50 bits per heavy atom. The Balaban J connectivity index is 2.74. The van der Waals surface area contributed by atoms with Crippen LogP contribution in [0.15, 0.2) is 15.2 Å². The van der Waals surface area contributed by atoms with Crippen molar-refractivity contribution < 1.29 is 0 Å². The summed E-state index contributed by atoms with van der Waals surface area (Å²) in [5.74, 6) is 0.208. The van der Waals surface area contributed by atoms with Gasteiger partial charge < -0.3 is 5.73 Å². The molecule has 0 amide bonds. The summed E-state index contributed by atoms with van der Waals surface area (Å²) >= 11 is 4.97. The molecule has 1 heterocycles. The fraction of sp³-hybridized carbons (Fsp3) is 0.167. The smallest absolute Gasteiger partial charge is 0.0950 e. The van der Waals surface area contributed by atoms with E-state index in [4.69, 9.17) is 11.1 Å². The molecule has 0 bridgehead atoms. The average molecular weight is 219 g/mol. The van der Waals surface area contributed by atoms with Crippen molar-refractivity contribution >= 4 is 33.1 Å². The van der Waals surface area contributed by atoms with Crippen molar-refractivity contribution in [2.45, 2.75) is 6.42 Å². The second-order valence-corrected chi connectivity index (χ2v) is 4.16. The monoisotopic (exact) mass is 218 g/mol. The topological polar surface area (TPSA) is 49.9 Å². The number of hydrogen-bond donors (Lipinski definition) is 2. The molecule has 0 spiro atoms. The Bertz CT molecular complexity index is 244. The SMILES string of the molecule is N=C(N)Cc1ccsc1Br. The highest BCUT2D eigenvalue weighted by molar-refractivity contribution is 9.11. The molecule has 1 rings (SSSR count). The van der Waals surface area contributed by atoms with Gasteiger partial charge in [0.1, 0.15) is 0 Å². The number of nitrogens with two attached hydrogens (primary N) is 1. The maximum absolute atomic E-state index is 7.03. The van der Waals surface area contributed by atoms with E-state index in [2.05, 4.69) is 15.9 Å². The van der Waals surface area contributed by atoms with Gasteiger partial charge in [0.15, 0.2) is 0 Å². The Hall–Kier alpha value is -0.350. The lowest BCUT2D eigenvalue weighted by atomic mass is 10.2. The molecule has 1 aromatic rings. The van der Waals surface area contributed by atoms with Crippen LogP contribution >= 0.6 is 27.3 Å². The first-order valence-electron chi connectivity index (χ1n) is 2.75. The van der Waals surface area contributed by atoms with Gasteiger partial charge in [0.25, 0.3) is 0 Å². The van der Waals surface area contributed by atoms with E-state index in [0.29, 0.717) is 6.42 Å². The molecule has 0 atom stereocenters. The fourth-order valence-electron chi connectivity index (χ4n) is 0.651. The maximum Gasteiger partial charge on any atom is 0.0950 e. The summed E-state index contributed by atoms with van der Waals surface area (Å²) in [6.45, 7) is 0. The van der Waals surface area contributed by atoms with Crippen LogP contribution in [-0.2, 0) is 6.42 Å². The van der Waals surface area contributed by atoms with E-state index in [-0.39, 0.29) is 5.84 Å². The van der Waals surface area contributed by atoms with Crippen LogP contribution in [0.3, 0.4) is 0 Å². The standard InChI is InChI=1S/C6H7BrN2S/c7-6-4(1-2-10-6)3-5(8)9/h1-2H,3H2,(H3,8,9). The number of amidine groups is 1. The molecule has 0 aliphatic rings. The molecule has 54 valence electrons. The normalized spacial score (nSPS) is 9.70. The summed E-state index contributed by atoms with van der Waals surface area (Å²) in [6, 6.07) is 1.97. The summed E-state index contributed by atoms with van der Waals surface area (Å²) < 4.78 is 1.07. The predicted molar refractivity (Wildman–Crippen MR) is 47.6 cm³/mol. The lowest BCUT2D eigenvalue weighted by molar-refractivity contribution is 1.26. The van der Waals surface area contributed by atoms with Crippen molar-refractivity contribution in [1.82, 2.24) is 0 Å². The third-order valence-electron chi connectivity index (χ3n) is 1.07. The van der Waals surface area contributed by atoms with Crippen LogP contribution < -0.4 is 5.73 Å². The van der Waals surface area contributed by atoms with Gasteiger partial charge in [-0.3, -0.25) is 5.41 Å². The van der Waals surface area contributed by atoms with Gasteiger partial charge in [-0.15, -0.1) is 11.3 Å². The van der Waals surface area contributed by atoms with Crippen molar-refractivity contribution in [1.29, 1.82) is 5.41 Å². The van der Waals surface area contributed by atoms with Crippen molar-refractivity contribution in [3.05, 3.63) is 20.8 Å². The van der Waals surface area contributed by atoms with Gasteiger partial charge in [-0.25, -0.2) is 0 Å². The third-order valence-corrected chi connectivity index (χ3v) is 2.89.